The van der Waals surface area contributed by atoms with Crippen LogP contribution in [-0.2, 0) is 14.4 Å². The van der Waals surface area contributed by atoms with Crippen LogP contribution in [0.2, 0.25) is 0 Å². The Bertz CT molecular complexity index is 479. The Morgan fingerprint density at radius 2 is 1.70 bits per heavy atom. The van der Waals surface area contributed by atoms with Gasteiger partial charge in [0.2, 0.25) is 5.91 Å². The van der Waals surface area contributed by atoms with Crippen molar-refractivity contribution in [2.45, 2.75) is 52.9 Å². The molecule has 1 aliphatic heterocycles. The van der Waals surface area contributed by atoms with Crippen LogP contribution in [0.4, 0.5) is 0 Å². The van der Waals surface area contributed by atoms with E-state index in [-0.39, 0.29) is 29.1 Å². The molecule has 0 unspecified atom stereocenters. The Morgan fingerprint density at radius 3 is 2.22 bits per heavy atom. The standard InChI is InChI=1S/C18H28N2O3/c1-18(2,3)10-11-19-17(23)14-6-4-13(5-7-14)12-20-15(21)8-9-16(20)22/h8-9,13-14H,4-7,10-12H2,1-3H3,(H,19,23). The Hall–Kier alpha value is -1.65. The number of hydrogen-bond acceptors (Lipinski definition) is 3. The molecule has 0 saturated heterocycles. The van der Waals surface area contributed by atoms with Crippen LogP contribution >= 0.6 is 0 Å². The van der Waals surface area contributed by atoms with Crippen molar-refractivity contribution in [1.29, 1.82) is 0 Å². The number of carbonyl (C=O) groups is 3. The lowest BCUT2D eigenvalue weighted by atomic mass is 9.81. The maximum atomic E-state index is 12.2. The van der Waals surface area contributed by atoms with Crippen LogP contribution in [0, 0.1) is 17.3 Å². The molecule has 5 heteroatoms. The Balaban J connectivity index is 1.70. The van der Waals surface area contributed by atoms with Crippen LogP contribution in [0.15, 0.2) is 12.2 Å². The molecule has 5 nitrogen and oxygen atoms in total. The van der Waals surface area contributed by atoms with Crippen molar-refractivity contribution < 1.29 is 14.4 Å². The molecule has 1 aliphatic carbocycles. The monoisotopic (exact) mass is 320 g/mol. The molecular formula is C18H28N2O3. The maximum Gasteiger partial charge on any atom is 0.253 e. The van der Waals surface area contributed by atoms with Crippen LogP contribution in [0.1, 0.15) is 52.9 Å². The fourth-order valence-electron chi connectivity index (χ4n) is 3.18. The van der Waals surface area contributed by atoms with Crippen LogP contribution in [0.25, 0.3) is 0 Å². The molecule has 2 rings (SSSR count). The highest BCUT2D eigenvalue weighted by Crippen LogP contribution is 2.30. The van der Waals surface area contributed by atoms with Gasteiger partial charge in [0.05, 0.1) is 0 Å². The van der Waals surface area contributed by atoms with Gasteiger partial charge < -0.3 is 5.32 Å². The second-order valence-electron chi connectivity index (χ2n) is 7.94. The van der Waals surface area contributed by atoms with E-state index < -0.39 is 0 Å². The molecule has 0 aromatic heterocycles. The summed E-state index contributed by atoms with van der Waals surface area (Å²) in [4.78, 5) is 36.7. The molecule has 0 spiro atoms. The van der Waals surface area contributed by atoms with Gasteiger partial charge in [-0.15, -0.1) is 0 Å². The lowest BCUT2D eigenvalue weighted by Crippen LogP contribution is -2.38. The third-order valence-electron chi connectivity index (χ3n) is 4.73. The minimum absolute atomic E-state index is 0.0781. The minimum atomic E-state index is -0.211. The first-order valence-corrected chi connectivity index (χ1v) is 8.57. The molecule has 23 heavy (non-hydrogen) atoms. The smallest absolute Gasteiger partial charge is 0.253 e. The van der Waals surface area contributed by atoms with Crippen LogP contribution in [-0.4, -0.2) is 35.7 Å². The second kappa shape index (κ2) is 7.28. The number of hydrogen-bond donors (Lipinski definition) is 1. The first-order valence-electron chi connectivity index (χ1n) is 8.57. The fraction of sp³-hybridized carbons (Fsp3) is 0.722. The fourth-order valence-corrected chi connectivity index (χ4v) is 3.18. The number of nitrogens with zero attached hydrogens (tertiary/aromatic N) is 1. The maximum absolute atomic E-state index is 12.2. The summed E-state index contributed by atoms with van der Waals surface area (Å²) in [6.45, 7) is 7.72. The normalized spacial score (nSPS) is 25.1. The molecule has 128 valence electrons. The Morgan fingerprint density at radius 1 is 1.13 bits per heavy atom. The van der Waals surface area contributed by atoms with Gasteiger partial charge in [-0.05, 0) is 43.4 Å². The van der Waals surface area contributed by atoms with E-state index in [0.29, 0.717) is 12.5 Å². The lowest BCUT2D eigenvalue weighted by Gasteiger charge is -2.30. The van der Waals surface area contributed by atoms with Gasteiger partial charge in [0.1, 0.15) is 0 Å². The third-order valence-corrected chi connectivity index (χ3v) is 4.73. The molecule has 0 aromatic rings. The van der Waals surface area contributed by atoms with E-state index in [2.05, 4.69) is 26.1 Å². The van der Waals surface area contributed by atoms with E-state index in [1.165, 1.54) is 17.1 Å². The van der Waals surface area contributed by atoms with Gasteiger partial charge in [0, 0.05) is 31.2 Å². The molecule has 1 fully saturated rings. The average molecular weight is 320 g/mol. The lowest BCUT2D eigenvalue weighted by molar-refractivity contribution is -0.138. The summed E-state index contributed by atoms with van der Waals surface area (Å²) >= 11 is 0. The highest BCUT2D eigenvalue weighted by Gasteiger charge is 2.31. The highest BCUT2D eigenvalue weighted by atomic mass is 16.2. The van der Waals surface area contributed by atoms with Crippen molar-refractivity contribution in [2.75, 3.05) is 13.1 Å². The third kappa shape index (κ3) is 5.19. The van der Waals surface area contributed by atoms with E-state index in [1.54, 1.807) is 0 Å². The van der Waals surface area contributed by atoms with E-state index in [9.17, 15) is 14.4 Å². The molecule has 0 atom stereocenters. The van der Waals surface area contributed by atoms with Crippen molar-refractivity contribution >= 4 is 17.7 Å². The molecule has 0 bridgehead atoms. The van der Waals surface area contributed by atoms with Gasteiger partial charge in [-0.25, -0.2) is 0 Å². The zero-order valence-corrected chi connectivity index (χ0v) is 14.4. The Labute approximate surface area is 138 Å². The van der Waals surface area contributed by atoms with Crippen molar-refractivity contribution in [3.05, 3.63) is 12.2 Å². The van der Waals surface area contributed by atoms with E-state index in [1.807, 2.05) is 0 Å². The molecule has 1 heterocycles. The van der Waals surface area contributed by atoms with Gasteiger partial charge in [-0.1, -0.05) is 20.8 Å². The van der Waals surface area contributed by atoms with Gasteiger partial charge in [-0.2, -0.15) is 0 Å². The van der Waals surface area contributed by atoms with Crippen molar-refractivity contribution in [3.8, 4) is 0 Å². The number of nitrogens with one attached hydrogen (secondary N) is 1. The predicted octanol–water partition coefficient (Wildman–Crippen LogP) is 2.27. The summed E-state index contributed by atoms with van der Waals surface area (Å²) in [6.07, 6.45) is 7.11. The van der Waals surface area contributed by atoms with Crippen molar-refractivity contribution in [3.63, 3.8) is 0 Å². The molecule has 1 N–H and O–H groups in total. The summed E-state index contributed by atoms with van der Waals surface area (Å²) in [7, 11) is 0. The number of carbonyl (C=O) groups excluding carboxylic acids is 3. The summed E-state index contributed by atoms with van der Waals surface area (Å²) in [5.74, 6) is 0.132. The Kier molecular flexibility index (Phi) is 5.60. The minimum Gasteiger partial charge on any atom is -0.356 e. The predicted molar refractivity (Wildman–Crippen MR) is 88.4 cm³/mol. The van der Waals surface area contributed by atoms with Gasteiger partial charge >= 0.3 is 0 Å². The molecular weight excluding hydrogens is 292 g/mol. The SMILES string of the molecule is CC(C)(C)CCNC(=O)C1CCC(CN2C(=O)C=CC2=O)CC1. The van der Waals surface area contributed by atoms with Gasteiger partial charge in [-0.3, -0.25) is 19.3 Å². The first-order chi connectivity index (χ1) is 10.8. The van der Waals surface area contributed by atoms with E-state index >= 15 is 0 Å². The molecule has 0 radical (unpaired) electrons. The first kappa shape index (κ1) is 17.7. The van der Waals surface area contributed by atoms with Crippen LogP contribution in [0.3, 0.4) is 0 Å². The van der Waals surface area contributed by atoms with Crippen LogP contribution < -0.4 is 5.32 Å². The summed E-state index contributed by atoms with van der Waals surface area (Å²) in [5.41, 5.74) is 0.230. The van der Waals surface area contributed by atoms with Gasteiger partial charge in [0.15, 0.2) is 0 Å². The zero-order valence-electron chi connectivity index (χ0n) is 14.4. The van der Waals surface area contributed by atoms with Crippen LogP contribution in [0.5, 0.6) is 0 Å². The second-order valence-corrected chi connectivity index (χ2v) is 7.94. The summed E-state index contributed by atoms with van der Waals surface area (Å²) < 4.78 is 0. The molecule has 2 aliphatic rings. The number of imide groups is 1. The average Bonchev–Trinajstić information content (AvgIpc) is 2.78. The largest absolute Gasteiger partial charge is 0.356 e. The zero-order chi connectivity index (χ0) is 17.0. The molecule has 1 saturated carbocycles. The quantitative estimate of drug-likeness (QED) is 0.790. The van der Waals surface area contributed by atoms with Crippen molar-refractivity contribution in [2.24, 2.45) is 17.3 Å². The van der Waals surface area contributed by atoms with E-state index in [4.69, 9.17) is 0 Å². The van der Waals surface area contributed by atoms with Gasteiger partial charge in [0.25, 0.3) is 11.8 Å². The number of rotatable bonds is 5. The molecule has 0 aromatic carbocycles. The summed E-state index contributed by atoms with van der Waals surface area (Å²) in [5, 5.41) is 3.04. The van der Waals surface area contributed by atoms with Crippen molar-refractivity contribution in [1.82, 2.24) is 10.2 Å². The summed E-state index contributed by atoms with van der Waals surface area (Å²) in [6, 6.07) is 0. The molecule has 3 amide bonds. The highest BCUT2D eigenvalue weighted by molar-refractivity contribution is 6.12. The number of amides is 3. The van der Waals surface area contributed by atoms with E-state index in [0.717, 1.165) is 38.6 Å². The topological polar surface area (TPSA) is 66.5 Å².